The van der Waals surface area contributed by atoms with E-state index in [0.717, 1.165) is 10.3 Å². The lowest BCUT2D eigenvalue weighted by atomic mass is 10.2. The number of nitrogens with zero attached hydrogens (tertiary/aromatic N) is 3. The van der Waals surface area contributed by atoms with Gasteiger partial charge < -0.3 is 14.8 Å². The largest absolute Gasteiger partial charge is 0.368 e. The number of carbonyl (C=O) groups excluding carboxylic acids is 1. The minimum atomic E-state index is -0.459. The average Bonchev–Trinajstić information content (AvgIpc) is 2.76. The van der Waals surface area contributed by atoms with Gasteiger partial charge in [-0.1, -0.05) is 12.1 Å². The summed E-state index contributed by atoms with van der Waals surface area (Å²) in [6, 6.07) is 13.2. The molecule has 3 aromatic rings. The third-order valence-electron chi connectivity index (χ3n) is 5.49. The monoisotopic (exact) mass is 410 g/mol. The number of amides is 1. The van der Waals surface area contributed by atoms with E-state index in [2.05, 4.69) is 9.88 Å². The molecule has 0 atom stereocenters. The fourth-order valence-corrected chi connectivity index (χ4v) is 3.81. The summed E-state index contributed by atoms with van der Waals surface area (Å²) in [6.45, 7) is 2.74. The Labute approximate surface area is 172 Å². The molecule has 0 spiro atoms. The van der Waals surface area contributed by atoms with E-state index < -0.39 is 5.69 Å². The molecule has 0 saturated carbocycles. The van der Waals surface area contributed by atoms with Gasteiger partial charge in [0.2, 0.25) is 5.91 Å². The first-order chi connectivity index (χ1) is 14.5. The molecule has 1 aliphatic heterocycles. The van der Waals surface area contributed by atoms with Crippen LogP contribution in [-0.2, 0) is 11.3 Å². The molecule has 1 amide bonds. The van der Waals surface area contributed by atoms with Gasteiger partial charge in [0, 0.05) is 44.8 Å². The average molecular weight is 410 g/mol. The zero-order chi connectivity index (χ0) is 21.1. The number of aromatic amines is 1. The second kappa shape index (κ2) is 8.52. The maximum absolute atomic E-state index is 13.1. The van der Waals surface area contributed by atoms with Gasteiger partial charge in [-0.05, 0) is 42.8 Å². The number of halogens is 1. The van der Waals surface area contributed by atoms with Crippen LogP contribution in [0.2, 0.25) is 0 Å². The Bertz CT molecular complexity index is 1160. The number of piperazine rings is 1. The van der Waals surface area contributed by atoms with E-state index in [-0.39, 0.29) is 30.2 Å². The predicted octanol–water partition coefficient (Wildman–Crippen LogP) is 1.96. The summed E-state index contributed by atoms with van der Waals surface area (Å²) in [5, 5.41) is 0.459. The highest BCUT2D eigenvalue weighted by atomic mass is 19.1. The zero-order valence-corrected chi connectivity index (χ0v) is 16.5. The van der Waals surface area contributed by atoms with Crippen LogP contribution in [0.1, 0.15) is 12.8 Å². The van der Waals surface area contributed by atoms with Crippen molar-refractivity contribution in [2.45, 2.75) is 19.4 Å². The number of aromatic nitrogens is 2. The standard InChI is InChI=1S/C22H23FN4O3/c23-16-7-9-17(10-8-16)25-12-14-26(15-13-25)20(28)6-3-11-27-21(29)18-4-1-2-5-19(18)24-22(27)30/h1-2,4-5,7-10H,3,6,11-15H2,(H,24,30). The van der Waals surface area contributed by atoms with Crippen molar-refractivity contribution < 1.29 is 9.18 Å². The van der Waals surface area contributed by atoms with Gasteiger partial charge >= 0.3 is 5.69 Å². The van der Waals surface area contributed by atoms with Crippen LogP contribution >= 0.6 is 0 Å². The molecule has 1 aromatic heterocycles. The van der Waals surface area contributed by atoms with Crippen molar-refractivity contribution in [3.05, 3.63) is 75.2 Å². The number of hydrogen-bond donors (Lipinski definition) is 1. The SMILES string of the molecule is O=C(CCCn1c(=O)[nH]c2ccccc2c1=O)N1CCN(c2ccc(F)cc2)CC1. The number of carbonyl (C=O) groups is 1. The van der Waals surface area contributed by atoms with E-state index in [1.807, 2.05) is 0 Å². The number of hydrogen-bond acceptors (Lipinski definition) is 4. The van der Waals surface area contributed by atoms with E-state index in [1.165, 1.54) is 12.1 Å². The predicted molar refractivity (Wildman–Crippen MR) is 113 cm³/mol. The number of nitrogens with one attached hydrogen (secondary N) is 1. The Kier molecular flexibility index (Phi) is 5.65. The summed E-state index contributed by atoms with van der Waals surface area (Å²) >= 11 is 0. The van der Waals surface area contributed by atoms with Crippen LogP contribution in [-0.4, -0.2) is 46.5 Å². The van der Waals surface area contributed by atoms with Crippen LogP contribution < -0.4 is 16.1 Å². The summed E-state index contributed by atoms with van der Waals surface area (Å²) in [5.74, 6) is -0.254. The van der Waals surface area contributed by atoms with Crippen LogP contribution in [0.4, 0.5) is 10.1 Å². The Morgan fingerprint density at radius 2 is 1.67 bits per heavy atom. The van der Waals surface area contributed by atoms with E-state index in [1.54, 1.807) is 41.3 Å². The molecule has 7 nitrogen and oxygen atoms in total. The minimum absolute atomic E-state index is 0.0130. The molecule has 8 heteroatoms. The van der Waals surface area contributed by atoms with Crippen molar-refractivity contribution in [3.63, 3.8) is 0 Å². The van der Waals surface area contributed by atoms with E-state index in [9.17, 15) is 18.8 Å². The first kappa shape index (κ1) is 19.9. The molecule has 0 aliphatic carbocycles. The molecule has 1 N–H and O–H groups in total. The summed E-state index contributed by atoms with van der Waals surface area (Å²) in [7, 11) is 0. The third kappa shape index (κ3) is 4.12. The molecule has 1 aliphatic rings. The second-order valence-corrected chi connectivity index (χ2v) is 7.38. The van der Waals surface area contributed by atoms with E-state index >= 15 is 0 Å². The number of fused-ring (bicyclic) bond motifs is 1. The number of rotatable bonds is 5. The fourth-order valence-electron chi connectivity index (χ4n) is 3.81. The summed E-state index contributed by atoms with van der Waals surface area (Å²) in [5.41, 5.74) is 0.658. The van der Waals surface area contributed by atoms with Crippen molar-refractivity contribution >= 4 is 22.5 Å². The van der Waals surface area contributed by atoms with Gasteiger partial charge in [-0.2, -0.15) is 0 Å². The van der Waals surface area contributed by atoms with Gasteiger partial charge in [-0.15, -0.1) is 0 Å². The van der Waals surface area contributed by atoms with Crippen molar-refractivity contribution in [1.29, 1.82) is 0 Å². The lowest BCUT2D eigenvalue weighted by Gasteiger charge is -2.36. The summed E-state index contributed by atoms with van der Waals surface area (Å²) in [4.78, 5) is 43.9. The molecule has 4 rings (SSSR count). The Balaban J connectivity index is 1.32. The lowest BCUT2D eigenvalue weighted by Crippen LogP contribution is -2.48. The van der Waals surface area contributed by atoms with Crippen LogP contribution in [0.3, 0.4) is 0 Å². The van der Waals surface area contributed by atoms with Crippen LogP contribution in [0.15, 0.2) is 58.1 Å². The molecule has 1 saturated heterocycles. The Morgan fingerprint density at radius 3 is 2.40 bits per heavy atom. The summed E-state index contributed by atoms with van der Waals surface area (Å²) in [6.07, 6.45) is 0.688. The Hall–Kier alpha value is -3.42. The lowest BCUT2D eigenvalue weighted by molar-refractivity contribution is -0.131. The van der Waals surface area contributed by atoms with Gasteiger partial charge in [0.25, 0.3) is 5.56 Å². The number of H-pyrrole nitrogens is 1. The molecular weight excluding hydrogens is 387 g/mol. The fraction of sp³-hybridized carbons (Fsp3) is 0.318. The van der Waals surface area contributed by atoms with E-state index in [4.69, 9.17) is 0 Å². The maximum atomic E-state index is 13.1. The maximum Gasteiger partial charge on any atom is 0.328 e. The van der Waals surface area contributed by atoms with Crippen LogP contribution in [0, 0.1) is 5.82 Å². The number of anilines is 1. The smallest absolute Gasteiger partial charge is 0.328 e. The third-order valence-corrected chi connectivity index (χ3v) is 5.49. The van der Waals surface area contributed by atoms with Gasteiger partial charge in [0.15, 0.2) is 0 Å². The molecule has 156 valence electrons. The van der Waals surface area contributed by atoms with Gasteiger partial charge in [-0.3, -0.25) is 14.2 Å². The Morgan fingerprint density at radius 1 is 0.967 bits per heavy atom. The highest BCUT2D eigenvalue weighted by Crippen LogP contribution is 2.17. The van der Waals surface area contributed by atoms with Crippen LogP contribution in [0.25, 0.3) is 10.9 Å². The quantitative estimate of drug-likeness (QED) is 0.698. The zero-order valence-electron chi connectivity index (χ0n) is 16.5. The molecule has 0 unspecified atom stereocenters. The normalized spacial score (nSPS) is 14.3. The minimum Gasteiger partial charge on any atom is -0.368 e. The molecule has 1 fully saturated rings. The molecule has 2 heterocycles. The van der Waals surface area contributed by atoms with Crippen molar-refractivity contribution in [1.82, 2.24) is 14.5 Å². The van der Waals surface area contributed by atoms with Gasteiger partial charge in [0.05, 0.1) is 10.9 Å². The molecule has 30 heavy (non-hydrogen) atoms. The van der Waals surface area contributed by atoms with Crippen molar-refractivity contribution in [3.8, 4) is 0 Å². The van der Waals surface area contributed by atoms with Gasteiger partial charge in [-0.25, -0.2) is 9.18 Å². The topological polar surface area (TPSA) is 78.4 Å². The first-order valence-corrected chi connectivity index (χ1v) is 10.0. The number of para-hydroxylation sites is 1. The highest BCUT2D eigenvalue weighted by Gasteiger charge is 2.21. The molecule has 2 aromatic carbocycles. The van der Waals surface area contributed by atoms with Gasteiger partial charge in [0.1, 0.15) is 5.82 Å². The molecule has 0 radical (unpaired) electrons. The van der Waals surface area contributed by atoms with Crippen molar-refractivity contribution in [2.75, 3.05) is 31.1 Å². The molecular formula is C22H23FN4O3. The van der Waals surface area contributed by atoms with Crippen molar-refractivity contribution in [2.24, 2.45) is 0 Å². The second-order valence-electron chi connectivity index (χ2n) is 7.38. The summed E-state index contributed by atoms with van der Waals surface area (Å²) < 4.78 is 14.2. The highest BCUT2D eigenvalue weighted by molar-refractivity contribution is 5.77. The first-order valence-electron chi connectivity index (χ1n) is 10.0. The number of benzene rings is 2. The molecule has 0 bridgehead atoms. The van der Waals surface area contributed by atoms with Crippen LogP contribution in [0.5, 0.6) is 0 Å². The van der Waals surface area contributed by atoms with E-state index in [0.29, 0.717) is 43.5 Å².